The Balaban J connectivity index is 2.29. The molecule has 0 aromatic carbocycles. The molecular weight excluding hydrogens is 106 g/mol. The SMILES string of the molecule is CN1CNC(=O)NC1. The first-order chi connectivity index (χ1) is 3.79. The van der Waals surface area contributed by atoms with Crippen molar-refractivity contribution in [3.8, 4) is 0 Å². The maximum atomic E-state index is 10.4. The summed E-state index contributed by atoms with van der Waals surface area (Å²) < 4.78 is 0. The molecule has 1 saturated heterocycles. The van der Waals surface area contributed by atoms with E-state index in [4.69, 9.17) is 0 Å². The summed E-state index contributed by atoms with van der Waals surface area (Å²) in [5.41, 5.74) is 0. The van der Waals surface area contributed by atoms with E-state index < -0.39 is 0 Å². The number of nitrogens with zero attached hydrogens (tertiary/aromatic N) is 1. The van der Waals surface area contributed by atoms with Gasteiger partial charge in [-0.25, -0.2) is 4.79 Å². The number of urea groups is 1. The van der Waals surface area contributed by atoms with Gasteiger partial charge in [0.05, 0.1) is 13.3 Å². The maximum Gasteiger partial charge on any atom is 0.316 e. The van der Waals surface area contributed by atoms with Gasteiger partial charge in [0, 0.05) is 0 Å². The Morgan fingerprint density at radius 3 is 2.38 bits per heavy atom. The zero-order valence-electron chi connectivity index (χ0n) is 4.77. The third kappa shape index (κ3) is 1.10. The lowest BCUT2D eigenvalue weighted by molar-refractivity contribution is 0.200. The van der Waals surface area contributed by atoms with Crippen LogP contribution in [0.1, 0.15) is 0 Å². The van der Waals surface area contributed by atoms with Gasteiger partial charge < -0.3 is 10.6 Å². The number of carbonyl (C=O) groups is 1. The highest BCUT2D eigenvalue weighted by molar-refractivity contribution is 5.74. The fraction of sp³-hybridized carbons (Fsp3) is 0.750. The van der Waals surface area contributed by atoms with Gasteiger partial charge in [0.2, 0.25) is 0 Å². The average molecular weight is 115 g/mol. The Kier molecular flexibility index (Phi) is 1.34. The molecule has 0 spiro atoms. The van der Waals surface area contributed by atoms with E-state index in [9.17, 15) is 4.79 Å². The third-order valence-corrected chi connectivity index (χ3v) is 1.02. The molecule has 4 heteroatoms. The first-order valence-corrected chi connectivity index (χ1v) is 2.49. The van der Waals surface area contributed by atoms with Crippen molar-refractivity contribution < 1.29 is 4.79 Å². The highest BCUT2D eigenvalue weighted by Gasteiger charge is 2.07. The van der Waals surface area contributed by atoms with Crippen LogP contribution in [0.3, 0.4) is 0 Å². The van der Waals surface area contributed by atoms with Crippen molar-refractivity contribution in [1.29, 1.82) is 0 Å². The lowest BCUT2D eigenvalue weighted by Gasteiger charge is -2.23. The van der Waals surface area contributed by atoms with Crippen LogP contribution in [-0.2, 0) is 0 Å². The molecule has 8 heavy (non-hydrogen) atoms. The molecule has 0 unspecified atom stereocenters. The molecule has 1 fully saturated rings. The van der Waals surface area contributed by atoms with Crippen LogP contribution in [0, 0.1) is 0 Å². The van der Waals surface area contributed by atoms with E-state index in [0.29, 0.717) is 13.3 Å². The molecule has 0 bridgehead atoms. The summed E-state index contributed by atoms with van der Waals surface area (Å²) in [6, 6.07) is -0.0805. The maximum absolute atomic E-state index is 10.4. The van der Waals surface area contributed by atoms with E-state index in [0.717, 1.165) is 0 Å². The quantitative estimate of drug-likeness (QED) is 0.431. The molecule has 1 aliphatic heterocycles. The van der Waals surface area contributed by atoms with Gasteiger partial charge in [0.15, 0.2) is 0 Å². The molecule has 0 atom stereocenters. The minimum absolute atomic E-state index is 0.0805. The van der Waals surface area contributed by atoms with Crippen molar-refractivity contribution in [2.45, 2.75) is 0 Å². The highest BCUT2D eigenvalue weighted by Crippen LogP contribution is 1.80. The number of amides is 2. The van der Waals surface area contributed by atoms with Gasteiger partial charge in [-0.3, -0.25) is 4.90 Å². The lowest BCUT2D eigenvalue weighted by Crippen LogP contribution is -2.52. The molecule has 0 radical (unpaired) electrons. The normalized spacial score (nSPS) is 21.9. The molecule has 1 heterocycles. The second-order valence-corrected chi connectivity index (χ2v) is 1.85. The molecule has 0 aromatic rings. The molecule has 0 saturated carbocycles. The summed E-state index contributed by atoms with van der Waals surface area (Å²) in [6.07, 6.45) is 0. The minimum Gasteiger partial charge on any atom is -0.325 e. The van der Waals surface area contributed by atoms with Crippen molar-refractivity contribution in [3.05, 3.63) is 0 Å². The van der Waals surface area contributed by atoms with E-state index in [1.165, 1.54) is 0 Å². The number of carbonyl (C=O) groups excluding carboxylic acids is 1. The van der Waals surface area contributed by atoms with Gasteiger partial charge in [-0.05, 0) is 7.05 Å². The van der Waals surface area contributed by atoms with Crippen molar-refractivity contribution in [1.82, 2.24) is 15.5 Å². The summed E-state index contributed by atoms with van der Waals surface area (Å²) >= 11 is 0. The Bertz CT molecular complexity index is 93.5. The largest absolute Gasteiger partial charge is 0.325 e. The molecule has 46 valence electrons. The topological polar surface area (TPSA) is 44.4 Å². The van der Waals surface area contributed by atoms with Crippen LogP contribution in [0.15, 0.2) is 0 Å². The predicted molar refractivity (Wildman–Crippen MR) is 29.2 cm³/mol. The highest BCUT2D eigenvalue weighted by atomic mass is 16.2. The fourth-order valence-electron chi connectivity index (χ4n) is 0.532. The Labute approximate surface area is 47.8 Å². The van der Waals surface area contributed by atoms with Gasteiger partial charge in [-0.15, -0.1) is 0 Å². The molecule has 4 nitrogen and oxygen atoms in total. The van der Waals surface area contributed by atoms with Crippen molar-refractivity contribution >= 4 is 6.03 Å². The summed E-state index contributed by atoms with van der Waals surface area (Å²) in [7, 11) is 1.92. The molecule has 0 aromatic heterocycles. The van der Waals surface area contributed by atoms with E-state index in [1.54, 1.807) is 0 Å². The summed E-state index contributed by atoms with van der Waals surface area (Å²) in [5.74, 6) is 0. The second kappa shape index (κ2) is 2.00. The molecular formula is C4H9N3O. The van der Waals surface area contributed by atoms with Crippen LogP contribution in [-0.4, -0.2) is 31.3 Å². The van der Waals surface area contributed by atoms with Gasteiger partial charge in [0.25, 0.3) is 0 Å². The Morgan fingerprint density at radius 2 is 2.00 bits per heavy atom. The van der Waals surface area contributed by atoms with Gasteiger partial charge in [-0.1, -0.05) is 0 Å². The first kappa shape index (κ1) is 5.37. The zero-order chi connectivity index (χ0) is 5.98. The average Bonchev–Trinajstić information content (AvgIpc) is 1.77. The molecule has 2 N–H and O–H groups in total. The first-order valence-electron chi connectivity index (χ1n) is 2.49. The van der Waals surface area contributed by atoms with E-state index >= 15 is 0 Å². The van der Waals surface area contributed by atoms with E-state index in [1.807, 2.05) is 11.9 Å². The number of hydrogen-bond donors (Lipinski definition) is 2. The predicted octanol–water partition coefficient (Wildman–Crippen LogP) is -0.854. The molecule has 0 aliphatic carbocycles. The van der Waals surface area contributed by atoms with Crippen LogP contribution in [0.25, 0.3) is 0 Å². The standard InChI is InChI=1S/C4H9N3O/c1-7-2-5-4(8)6-3-7/h2-3H2,1H3,(H2,5,6,8). The third-order valence-electron chi connectivity index (χ3n) is 1.02. The minimum atomic E-state index is -0.0805. The van der Waals surface area contributed by atoms with Gasteiger partial charge >= 0.3 is 6.03 Å². The Morgan fingerprint density at radius 1 is 1.50 bits per heavy atom. The summed E-state index contributed by atoms with van der Waals surface area (Å²) in [6.45, 7) is 1.29. The van der Waals surface area contributed by atoms with E-state index in [2.05, 4.69) is 10.6 Å². The van der Waals surface area contributed by atoms with Crippen molar-refractivity contribution in [3.63, 3.8) is 0 Å². The van der Waals surface area contributed by atoms with Crippen LogP contribution in [0.2, 0.25) is 0 Å². The fourth-order valence-corrected chi connectivity index (χ4v) is 0.532. The van der Waals surface area contributed by atoms with Crippen LogP contribution < -0.4 is 10.6 Å². The molecule has 1 aliphatic rings. The van der Waals surface area contributed by atoms with Gasteiger partial charge in [-0.2, -0.15) is 0 Å². The number of rotatable bonds is 0. The summed E-state index contributed by atoms with van der Waals surface area (Å²) in [5, 5.41) is 5.22. The van der Waals surface area contributed by atoms with Crippen LogP contribution in [0.4, 0.5) is 4.79 Å². The second-order valence-electron chi connectivity index (χ2n) is 1.85. The summed E-state index contributed by atoms with van der Waals surface area (Å²) in [4.78, 5) is 12.3. The Hall–Kier alpha value is -0.770. The monoisotopic (exact) mass is 115 g/mol. The van der Waals surface area contributed by atoms with Gasteiger partial charge in [0.1, 0.15) is 0 Å². The van der Waals surface area contributed by atoms with E-state index in [-0.39, 0.29) is 6.03 Å². The number of nitrogens with one attached hydrogen (secondary N) is 2. The zero-order valence-corrected chi connectivity index (χ0v) is 4.77. The van der Waals surface area contributed by atoms with Crippen molar-refractivity contribution in [2.24, 2.45) is 0 Å². The number of hydrogen-bond acceptors (Lipinski definition) is 2. The van der Waals surface area contributed by atoms with Crippen LogP contribution in [0.5, 0.6) is 0 Å². The molecule has 2 amide bonds. The molecule has 1 rings (SSSR count). The van der Waals surface area contributed by atoms with Crippen molar-refractivity contribution in [2.75, 3.05) is 20.4 Å². The van der Waals surface area contributed by atoms with Crippen LogP contribution >= 0.6 is 0 Å². The smallest absolute Gasteiger partial charge is 0.316 e. The lowest BCUT2D eigenvalue weighted by atomic mass is 10.7.